The van der Waals surface area contributed by atoms with Crippen LogP contribution in [0, 0.1) is 10.7 Å². The molecule has 0 amide bonds. The average Bonchev–Trinajstić information content (AvgIpc) is 2.99. The fraction of sp³-hybridized carbons (Fsp3) is 0.545. The molecule has 96 valence electrons. The van der Waals surface area contributed by atoms with Gasteiger partial charge in [0, 0.05) is 6.54 Å². The monoisotopic (exact) mass is 282 g/mol. The first-order valence-corrected chi connectivity index (χ1v) is 7.41. The highest BCUT2D eigenvalue weighted by atomic mass is 32.2. The molecule has 5 nitrogen and oxygen atoms in total. The van der Waals surface area contributed by atoms with Crippen LogP contribution in [0.2, 0.25) is 0 Å². The Morgan fingerprint density at radius 1 is 1.61 bits per heavy atom. The number of ether oxygens (including phenoxy) is 1. The molecule has 0 radical (unpaired) electrons. The van der Waals surface area contributed by atoms with E-state index >= 15 is 0 Å². The number of aromatic amines is 1. The summed E-state index contributed by atoms with van der Waals surface area (Å²) < 4.78 is 7.98. The Labute approximate surface area is 114 Å². The van der Waals surface area contributed by atoms with E-state index in [2.05, 4.69) is 19.5 Å². The molecule has 1 saturated heterocycles. The zero-order valence-electron chi connectivity index (χ0n) is 10.0. The fourth-order valence-electron chi connectivity index (χ4n) is 2.26. The van der Waals surface area contributed by atoms with Crippen LogP contribution in [-0.2, 0) is 6.54 Å². The largest absolute Gasteiger partial charge is 0.479 e. The van der Waals surface area contributed by atoms with Crippen molar-refractivity contribution in [3.63, 3.8) is 0 Å². The number of nitrogens with one attached hydrogen (secondary N) is 1. The molecule has 3 rings (SSSR count). The summed E-state index contributed by atoms with van der Waals surface area (Å²) in [6.07, 6.45) is 2.77. The third kappa shape index (κ3) is 2.01. The minimum atomic E-state index is 0.547. The number of rotatable bonds is 3. The molecule has 7 heteroatoms. The first kappa shape index (κ1) is 12.0. The predicted octanol–water partition coefficient (Wildman–Crippen LogP) is 2.25. The zero-order chi connectivity index (χ0) is 12.5. The topological polar surface area (TPSA) is 55.7 Å². The molecule has 3 heterocycles. The maximum Gasteiger partial charge on any atom is 0.242 e. The van der Waals surface area contributed by atoms with Crippen molar-refractivity contribution in [3.05, 3.63) is 11.1 Å². The molecule has 1 N–H and O–H groups in total. The first-order valence-electron chi connectivity index (χ1n) is 5.85. The van der Waals surface area contributed by atoms with Gasteiger partial charge in [0.05, 0.1) is 7.11 Å². The lowest BCUT2D eigenvalue weighted by Gasteiger charge is -2.09. The van der Waals surface area contributed by atoms with Crippen molar-refractivity contribution in [3.8, 4) is 5.88 Å². The third-order valence-electron chi connectivity index (χ3n) is 3.18. The second kappa shape index (κ2) is 4.89. The Morgan fingerprint density at radius 3 is 3.22 bits per heavy atom. The van der Waals surface area contributed by atoms with Crippen LogP contribution in [0.25, 0.3) is 11.2 Å². The lowest BCUT2D eigenvalue weighted by molar-refractivity contribution is 0.401. The molecule has 18 heavy (non-hydrogen) atoms. The summed E-state index contributed by atoms with van der Waals surface area (Å²) in [6, 6.07) is 0. The van der Waals surface area contributed by atoms with E-state index in [-0.39, 0.29) is 0 Å². The SMILES string of the molecule is COc1ncnc2c1[nH]c(=S)n2CC1CCSC1. The molecule has 1 unspecified atom stereocenters. The summed E-state index contributed by atoms with van der Waals surface area (Å²) in [7, 11) is 1.60. The van der Waals surface area contributed by atoms with E-state index < -0.39 is 0 Å². The summed E-state index contributed by atoms with van der Waals surface area (Å²) in [5.74, 6) is 3.68. The molecule has 0 aromatic carbocycles. The molecular formula is C11H14N4OS2. The minimum Gasteiger partial charge on any atom is -0.479 e. The van der Waals surface area contributed by atoms with Crippen LogP contribution in [0.15, 0.2) is 6.33 Å². The van der Waals surface area contributed by atoms with Crippen molar-refractivity contribution >= 4 is 35.1 Å². The Morgan fingerprint density at radius 2 is 2.50 bits per heavy atom. The number of thioether (sulfide) groups is 1. The van der Waals surface area contributed by atoms with Crippen molar-refractivity contribution in [1.82, 2.24) is 19.5 Å². The van der Waals surface area contributed by atoms with Gasteiger partial charge in [0.1, 0.15) is 11.8 Å². The van der Waals surface area contributed by atoms with Gasteiger partial charge in [-0.1, -0.05) is 0 Å². The molecule has 1 aliphatic heterocycles. The molecular weight excluding hydrogens is 268 g/mol. The highest BCUT2D eigenvalue weighted by Crippen LogP contribution is 2.27. The van der Waals surface area contributed by atoms with Crippen molar-refractivity contribution in [2.24, 2.45) is 5.92 Å². The van der Waals surface area contributed by atoms with Gasteiger partial charge < -0.3 is 14.3 Å². The number of hydrogen-bond donors (Lipinski definition) is 1. The second-order valence-electron chi connectivity index (χ2n) is 4.35. The van der Waals surface area contributed by atoms with E-state index in [1.54, 1.807) is 7.11 Å². The van der Waals surface area contributed by atoms with Crippen LogP contribution in [0.1, 0.15) is 6.42 Å². The molecule has 1 fully saturated rings. The van der Waals surface area contributed by atoms with Gasteiger partial charge in [-0.2, -0.15) is 16.7 Å². The Hall–Kier alpha value is -1.08. The first-order chi connectivity index (χ1) is 8.79. The number of nitrogens with zero attached hydrogens (tertiary/aromatic N) is 3. The number of aromatic nitrogens is 4. The molecule has 0 aliphatic carbocycles. The maximum atomic E-state index is 5.37. The number of hydrogen-bond acceptors (Lipinski definition) is 5. The molecule has 0 bridgehead atoms. The van der Waals surface area contributed by atoms with Crippen molar-refractivity contribution in [2.45, 2.75) is 13.0 Å². The molecule has 2 aromatic rings. The summed E-state index contributed by atoms with van der Waals surface area (Å²) in [5, 5.41) is 0. The minimum absolute atomic E-state index is 0.547. The Bertz CT molecular complexity index is 615. The lowest BCUT2D eigenvalue weighted by Crippen LogP contribution is -2.10. The van der Waals surface area contributed by atoms with E-state index in [0.29, 0.717) is 16.6 Å². The summed E-state index contributed by atoms with van der Waals surface area (Å²) in [4.78, 5) is 11.5. The van der Waals surface area contributed by atoms with Crippen LogP contribution in [0.3, 0.4) is 0 Å². The predicted molar refractivity (Wildman–Crippen MR) is 74.7 cm³/mol. The van der Waals surface area contributed by atoms with Crippen LogP contribution >= 0.6 is 24.0 Å². The molecule has 0 spiro atoms. The van der Waals surface area contributed by atoms with E-state index in [1.807, 2.05) is 11.8 Å². The van der Waals surface area contributed by atoms with E-state index in [1.165, 1.54) is 24.3 Å². The van der Waals surface area contributed by atoms with Gasteiger partial charge in [-0.15, -0.1) is 0 Å². The smallest absolute Gasteiger partial charge is 0.242 e. The Balaban J connectivity index is 2.05. The second-order valence-corrected chi connectivity index (χ2v) is 5.89. The number of imidazole rings is 1. The number of H-pyrrole nitrogens is 1. The summed E-state index contributed by atoms with van der Waals surface area (Å²) in [6.45, 7) is 0.923. The fourth-order valence-corrected chi connectivity index (χ4v) is 3.79. The van der Waals surface area contributed by atoms with Gasteiger partial charge in [-0.05, 0) is 36.1 Å². The van der Waals surface area contributed by atoms with Crippen molar-refractivity contribution < 1.29 is 4.74 Å². The average molecular weight is 282 g/mol. The van der Waals surface area contributed by atoms with E-state index in [4.69, 9.17) is 17.0 Å². The Kier molecular flexibility index (Phi) is 3.25. The van der Waals surface area contributed by atoms with E-state index in [0.717, 1.165) is 17.7 Å². The van der Waals surface area contributed by atoms with Crippen LogP contribution < -0.4 is 4.74 Å². The quantitative estimate of drug-likeness (QED) is 0.875. The maximum absolute atomic E-state index is 5.37. The number of fused-ring (bicyclic) bond motifs is 1. The van der Waals surface area contributed by atoms with Crippen molar-refractivity contribution in [1.29, 1.82) is 0 Å². The molecule has 1 atom stereocenters. The normalized spacial score (nSPS) is 19.5. The van der Waals surface area contributed by atoms with Crippen LogP contribution in [-0.4, -0.2) is 38.1 Å². The number of methoxy groups -OCH3 is 1. The van der Waals surface area contributed by atoms with Crippen LogP contribution in [0.5, 0.6) is 5.88 Å². The van der Waals surface area contributed by atoms with Gasteiger partial charge in [0.15, 0.2) is 10.4 Å². The van der Waals surface area contributed by atoms with Gasteiger partial charge in [-0.3, -0.25) is 0 Å². The zero-order valence-corrected chi connectivity index (χ0v) is 11.7. The molecule has 2 aromatic heterocycles. The van der Waals surface area contributed by atoms with E-state index in [9.17, 15) is 0 Å². The van der Waals surface area contributed by atoms with Gasteiger partial charge >= 0.3 is 0 Å². The standard InChI is InChI=1S/C11H14N4OS2/c1-16-10-8-9(12-6-13-10)15(11(17)14-8)4-7-2-3-18-5-7/h6-7H,2-5H2,1H3,(H,14,17). The highest BCUT2D eigenvalue weighted by molar-refractivity contribution is 7.99. The highest BCUT2D eigenvalue weighted by Gasteiger charge is 2.19. The molecule has 1 aliphatic rings. The summed E-state index contributed by atoms with van der Waals surface area (Å²) in [5.41, 5.74) is 1.62. The van der Waals surface area contributed by atoms with Gasteiger partial charge in [-0.25, -0.2) is 4.98 Å². The van der Waals surface area contributed by atoms with Gasteiger partial charge in [0.2, 0.25) is 5.88 Å². The lowest BCUT2D eigenvalue weighted by atomic mass is 10.1. The third-order valence-corrected chi connectivity index (χ3v) is 4.74. The molecule has 0 saturated carbocycles. The summed E-state index contributed by atoms with van der Waals surface area (Å²) >= 11 is 7.38. The van der Waals surface area contributed by atoms with Gasteiger partial charge in [0.25, 0.3) is 0 Å². The van der Waals surface area contributed by atoms with Crippen molar-refractivity contribution in [2.75, 3.05) is 18.6 Å². The van der Waals surface area contributed by atoms with Crippen LogP contribution in [0.4, 0.5) is 0 Å².